The molecule has 0 unspecified atom stereocenters. The highest BCUT2D eigenvalue weighted by Gasteiger charge is 2.27. The van der Waals surface area contributed by atoms with Crippen molar-refractivity contribution in [2.75, 3.05) is 12.8 Å². The van der Waals surface area contributed by atoms with Gasteiger partial charge in [-0.3, -0.25) is 0 Å². The molecule has 0 amide bonds. The molecule has 0 radical (unpaired) electrons. The first-order chi connectivity index (χ1) is 10.2. The van der Waals surface area contributed by atoms with Gasteiger partial charge in [-0.05, 0) is 36.5 Å². The fourth-order valence-corrected chi connectivity index (χ4v) is 3.19. The Labute approximate surface area is 125 Å². The maximum atomic E-state index is 6.05. The Morgan fingerprint density at radius 2 is 2.00 bits per heavy atom. The molecule has 0 bridgehead atoms. The first-order valence-corrected chi connectivity index (χ1v) is 7.58. The van der Waals surface area contributed by atoms with Crippen LogP contribution in [0.4, 0.5) is 5.82 Å². The summed E-state index contributed by atoms with van der Waals surface area (Å²) in [4.78, 5) is 0. The summed E-state index contributed by atoms with van der Waals surface area (Å²) in [5, 5.41) is 4.00. The summed E-state index contributed by atoms with van der Waals surface area (Å²) in [6, 6.07) is 7.90. The summed E-state index contributed by atoms with van der Waals surface area (Å²) in [6.07, 6.45) is 4.77. The average molecular weight is 286 g/mol. The number of nitrogens with two attached hydrogens (primary N) is 1. The van der Waals surface area contributed by atoms with Crippen LogP contribution in [0.5, 0.6) is 5.75 Å². The van der Waals surface area contributed by atoms with Crippen molar-refractivity contribution in [3.8, 4) is 16.9 Å². The second-order valence-corrected chi connectivity index (χ2v) is 6.00. The molecule has 1 saturated carbocycles. The molecule has 1 heterocycles. The lowest BCUT2D eigenvalue weighted by molar-refractivity contribution is 0.289. The second kappa shape index (κ2) is 5.80. The van der Waals surface area contributed by atoms with Crippen LogP contribution in [0.1, 0.15) is 44.3 Å². The van der Waals surface area contributed by atoms with E-state index < -0.39 is 0 Å². The Hall–Kier alpha value is -1.97. The summed E-state index contributed by atoms with van der Waals surface area (Å²) in [7, 11) is 1.67. The predicted molar refractivity (Wildman–Crippen MR) is 83.3 cm³/mol. The molecular formula is C17H22N2O2. The van der Waals surface area contributed by atoms with Gasteiger partial charge in [-0.25, -0.2) is 0 Å². The van der Waals surface area contributed by atoms with Gasteiger partial charge in [0.05, 0.1) is 12.7 Å². The molecule has 3 rings (SSSR count). The normalized spacial score (nSPS) is 22.2. The highest BCUT2D eigenvalue weighted by atomic mass is 16.5. The van der Waals surface area contributed by atoms with Crippen LogP contribution in [-0.2, 0) is 0 Å². The van der Waals surface area contributed by atoms with Crippen LogP contribution in [0, 0.1) is 5.92 Å². The number of ether oxygens (including phenoxy) is 1. The Bertz CT molecular complexity index is 613. The molecule has 1 aromatic heterocycles. The van der Waals surface area contributed by atoms with E-state index in [0.717, 1.165) is 41.4 Å². The topological polar surface area (TPSA) is 61.3 Å². The molecule has 0 saturated heterocycles. The van der Waals surface area contributed by atoms with Crippen molar-refractivity contribution in [3.05, 3.63) is 30.0 Å². The Kier molecular flexibility index (Phi) is 3.86. The molecule has 2 N–H and O–H groups in total. The standard InChI is InChI=1S/C17H22N2O2/c1-11-6-8-12(9-7-11)16-15(17(18)19-21-16)13-4-3-5-14(10-13)20-2/h3-5,10-12H,6-9H2,1-2H3,(H2,18,19). The fraction of sp³-hybridized carbons (Fsp3) is 0.471. The number of aromatic nitrogens is 1. The highest BCUT2D eigenvalue weighted by Crippen LogP contribution is 2.42. The lowest BCUT2D eigenvalue weighted by Gasteiger charge is -2.24. The molecular weight excluding hydrogens is 264 g/mol. The third-order valence-electron chi connectivity index (χ3n) is 4.49. The molecule has 0 aliphatic heterocycles. The number of nitrogens with zero attached hydrogens (tertiary/aromatic N) is 1. The van der Waals surface area contributed by atoms with Crippen molar-refractivity contribution in [2.24, 2.45) is 5.92 Å². The van der Waals surface area contributed by atoms with Crippen molar-refractivity contribution in [1.82, 2.24) is 5.16 Å². The first-order valence-electron chi connectivity index (χ1n) is 7.58. The van der Waals surface area contributed by atoms with Crippen molar-refractivity contribution in [2.45, 2.75) is 38.5 Å². The van der Waals surface area contributed by atoms with Crippen molar-refractivity contribution in [1.29, 1.82) is 0 Å². The van der Waals surface area contributed by atoms with Crippen LogP contribution in [0.15, 0.2) is 28.8 Å². The minimum absolute atomic E-state index is 0.423. The van der Waals surface area contributed by atoms with Gasteiger partial charge in [-0.15, -0.1) is 0 Å². The summed E-state index contributed by atoms with van der Waals surface area (Å²) in [6.45, 7) is 2.31. The largest absolute Gasteiger partial charge is 0.497 e. The average Bonchev–Trinajstić information content (AvgIpc) is 2.90. The van der Waals surface area contributed by atoms with Crippen molar-refractivity contribution >= 4 is 5.82 Å². The monoisotopic (exact) mass is 286 g/mol. The number of hydrogen-bond acceptors (Lipinski definition) is 4. The molecule has 1 fully saturated rings. The van der Waals surface area contributed by atoms with Gasteiger partial charge in [0.25, 0.3) is 0 Å². The van der Waals surface area contributed by atoms with Gasteiger partial charge in [0.1, 0.15) is 11.5 Å². The zero-order valence-electron chi connectivity index (χ0n) is 12.6. The molecule has 2 aromatic rings. The van der Waals surface area contributed by atoms with Gasteiger partial charge in [0.2, 0.25) is 0 Å². The van der Waals surface area contributed by atoms with Crippen molar-refractivity contribution < 1.29 is 9.26 Å². The smallest absolute Gasteiger partial charge is 0.175 e. The maximum Gasteiger partial charge on any atom is 0.175 e. The summed E-state index contributed by atoms with van der Waals surface area (Å²) in [5.41, 5.74) is 8.01. The minimum Gasteiger partial charge on any atom is -0.497 e. The van der Waals surface area contributed by atoms with E-state index in [9.17, 15) is 0 Å². The zero-order valence-corrected chi connectivity index (χ0v) is 12.6. The number of rotatable bonds is 3. The van der Waals surface area contributed by atoms with Crippen LogP contribution >= 0.6 is 0 Å². The van der Waals surface area contributed by atoms with Crippen LogP contribution in [0.3, 0.4) is 0 Å². The van der Waals surface area contributed by atoms with E-state index in [0.29, 0.717) is 11.7 Å². The zero-order chi connectivity index (χ0) is 14.8. The molecule has 0 spiro atoms. The van der Waals surface area contributed by atoms with E-state index in [-0.39, 0.29) is 0 Å². The Morgan fingerprint density at radius 1 is 1.24 bits per heavy atom. The van der Waals surface area contributed by atoms with E-state index in [1.165, 1.54) is 12.8 Å². The number of methoxy groups -OCH3 is 1. The lowest BCUT2D eigenvalue weighted by atomic mass is 9.80. The molecule has 1 aromatic carbocycles. The van der Waals surface area contributed by atoms with Gasteiger partial charge in [-0.1, -0.05) is 37.1 Å². The maximum absolute atomic E-state index is 6.05. The van der Waals surface area contributed by atoms with Crippen LogP contribution in [-0.4, -0.2) is 12.3 Å². The molecule has 4 nitrogen and oxygen atoms in total. The summed E-state index contributed by atoms with van der Waals surface area (Å²) >= 11 is 0. The van der Waals surface area contributed by atoms with Crippen molar-refractivity contribution in [3.63, 3.8) is 0 Å². The van der Waals surface area contributed by atoms with E-state index in [1.807, 2.05) is 24.3 Å². The Morgan fingerprint density at radius 3 is 2.71 bits per heavy atom. The van der Waals surface area contributed by atoms with Gasteiger partial charge in [0, 0.05) is 5.92 Å². The molecule has 1 aliphatic carbocycles. The number of anilines is 1. The SMILES string of the molecule is COc1cccc(-c2c(N)noc2C2CCC(C)CC2)c1. The van der Waals surface area contributed by atoms with Crippen LogP contribution in [0.25, 0.3) is 11.1 Å². The highest BCUT2D eigenvalue weighted by molar-refractivity contribution is 5.76. The van der Waals surface area contributed by atoms with Crippen LogP contribution < -0.4 is 10.5 Å². The molecule has 112 valence electrons. The van der Waals surface area contributed by atoms with Gasteiger partial charge in [0.15, 0.2) is 5.82 Å². The Balaban J connectivity index is 1.96. The number of nitrogen functional groups attached to an aromatic ring is 1. The lowest BCUT2D eigenvalue weighted by Crippen LogP contribution is -2.11. The van der Waals surface area contributed by atoms with Gasteiger partial charge >= 0.3 is 0 Å². The van der Waals surface area contributed by atoms with E-state index >= 15 is 0 Å². The fourth-order valence-electron chi connectivity index (χ4n) is 3.19. The van der Waals surface area contributed by atoms with Gasteiger partial charge < -0.3 is 15.0 Å². The van der Waals surface area contributed by atoms with Crippen LogP contribution in [0.2, 0.25) is 0 Å². The molecule has 0 atom stereocenters. The van der Waals surface area contributed by atoms with E-state index in [1.54, 1.807) is 7.11 Å². The first kappa shape index (κ1) is 14.0. The summed E-state index contributed by atoms with van der Waals surface area (Å²) < 4.78 is 10.9. The molecule has 1 aliphatic rings. The molecule has 4 heteroatoms. The predicted octanol–water partition coefficient (Wildman–Crippen LogP) is 4.23. The number of hydrogen-bond donors (Lipinski definition) is 1. The third-order valence-corrected chi connectivity index (χ3v) is 4.49. The number of benzene rings is 1. The third kappa shape index (κ3) is 2.75. The quantitative estimate of drug-likeness (QED) is 0.917. The van der Waals surface area contributed by atoms with Gasteiger partial charge in [-0.2, -0.15) is 0 Å². The van der Waals surface area contributed by atoms with E-state index in [2.05, 4.69) is 12.1 Å². The minimum atomic E-state index is 0.423. The second-order valence-electron chi connectivity index (χ2n) is 6.00. The van der Waals surface area contributed by atoms with E-state index in [4.69, 9.17) is 15.0 Å². The molecule has 21 heavy (non-hydrogen) atoms. The summed E-state index contributed by atoms with van der Waals surface area (Å²) in [5.74, 6) is 3.45.